The highest BCUT2D eigenvalue weighted by Gasteiger charge is 2.52. The summed E-state index contributed by atoms with van der Waals surface area (Å²) in [4.78, 5) is 39.0. The van der Waals surface area contributed by atoms with Gasteiger partial charge in [-0.05, 0) is 47.6 Å². The average molecular weight is 412 g/mol. The van der Waals surface area contributed by atoms with E-state index < -0.39 is 6.04 Å². The molecular weight excluding hydrogens is 386 g/mol. The fraction of sp³-hybridized carbons (Fsp3) is 0.524. The molecule has 3 fully saturated rings. The van der Waals surface area contributed by atoms with Crippen LogP contribution in [0.5, 0.6) is 0 Å². The molecule has 2 aromatic heterocycles. The average Bonchev–Trinajstić information content (AvgIpc) is 3.27. The van der Waals surface area contributed by atoms with Crippen LogP contribution in [0.3, 0.4) is 0 Å². The monoisotopic (exact) mass is 411 g/mol. The van der Waals surface area contributed by atoms with Crippen molar-refractivity contribution in [2.45, 2.75) is 44.3 Å². The second kappa shape index (κ2) is 7.74. The van der Waals surface area contributed by atoms with Crippen molar-refractivity contribution in [3.8, 4) is 0 Å². The maximum atomic E-state index is 13.3. The first-order valence-electron chi connectivity index (χ1n) is 10.3. The standard InChI is InChI=1S/C21H25N5O2S/c27-19-3-1-2-17-15-8-16(12-25(11-15)18-10-22-5-6-23-18)20(26(17)19)21(28)24-9-14-4-7-29-13-14/h4-7,10,13,15-17,20H,1-3,8-9,11-12H2,(H,24,28)/t15-,16+,17-,20+/m0/s1. The molecule has 0 aromatic carbocycles. The fourth-order valence-electron chi connectivity index (χ4n) is 5.32. The molecule has 0 aliphatic carbocycles. The maximum Gasteiger partial charge on any atom is 0.243 e. The van der Waals surface area contributed by atoms with Gasteiger partial charge in [-0.15, -0.1) is 0 Å². The van der Waals surface area contributed by atoms with Crippen molar-refractivity contribution in [2.75, 3.05) is 18.0 Å². The van der Waals surface area contributed by atoms with Gasteiger partial charge in [-0.3, -0.25) is 14.6 Å². The Morgan fingerprint density at radius 3 is 2.97 bits per heavy atom. The predicted molar refractivity (Wildman–Crippen MR) is 110 cm³/mol. The number of anilines is 1. The highest BCUT2D eigenvalue weighted by molar-refractivity contribution is 7.07. The van der Waals surface area contributed by atoms with E-state index in [1.54, 1.807) is 29.9 Å². The summed E-state index contributed by atoms with van der Waals surface area (Å²) in [5.41, 5.74) is 1.10. The molecule has 2 aromatic rings. The van der Waals surface area contributed by atoms with Gasteiger partial charge in [-0.2, -0.15) is 11.3 Å². The van der Waals surface area contributed by atoms with Crippen LogP contribution < -0.4 is 10.2 Å². The SMILES string of the molecule is O=C(NCc1ccsc1)[C@H]1[C@@H]2C[C@@H](CN(c3cnccn3)C2)[C@@H]2CCCC(=O)N21. The van der Waals surface area contributed by atoms with Crippen LogP contribution in [0.25, 0.3) is 0 Å². The number of piperidine rings is 3. The molecule has 5 rings (SSSR count). The Labute approximate surface area is 174 Å². The second-order valence-corrected chi connectivity index (χ2v) is 9.06. The van der Waals surface area contributed by atoms with Crippen molar-refractivity contribution in [3.05, 3.63) is 41.0 Å². The smallest absolute Gasteiger partial charge is 0.243 e. The number of rotatable bonds is 4. The first-order valence-corrected chi connectivity index (χ1v) is 11.3. The molecular formula is C21H25N5O2S. The third-order valence-electron chi connectivity index (χ3n) is 6.53. The van der Waals surface area contributed by atoms with Gasteiger partial charge in [0.2, 0.25) is 11.8 Å². The first-order chi connectivity index (χ1) is 14.2. The minimum absolute atomic E-state index is 0.0269. The highest BCUT2D eigenvalue weighted by Crippen LogP contribution is 2.42. The minimum Gasteiger partial charge on any atom is -0.355 e. The summed E-state index contributed by atoms with van der Waals surface area (Å²) in [6, 6.07) is 1.76. The van der Waals surface area contributed by atoms with Gasteiger partial charge in [0.15, 0.2) is 0 Å². The zero-order valence-electron chi connectivity index (χ0n) is 16.2. The summed E-state index contributed by atoms with van der Waals surface area (Å²) in [5, 5.41) is 7.15. The van der Waals surface area contributed by atoms with Crippen LogP contribution in [0.15, 0.2) is 35.4 Å². The fourth-order valence-corrected chi connectivity index (χ4v) is 5.99. The normalized spacial score (nSPS) is 28.8. The molecule has 7 nitrogen and oxygen atoms in total. The van der Waals surface area contributed by atoms with Crippen molar-refractivity contribution in [1.29, 1.82) is 0 Å². The summed E-state index contributed by atoms with van der Waals surface area (Å²) in [6.45, 7) is 2.10. The molecule has 8 heteroatoms. The molecule has 3 saturated heterocycles. The van der Waals surface area contributed by atoms with E-state index in [4.69, 9.17) is 0 Å². The molecule has 2 amide bonds. The summed E-state index contributed by atoms with van der Waals surface area (Å²) in [7, 11) is 0. The number of carbonyl (C=O) groups is 2. The minimum atomic E-state index is -0.401. The van der Waals surface area contributed by atoms with E-state index in [-0.39, 0.29) is 23.8 Å². The first kappa shape index (κ1) is 18.5. The number of amides is 2. The van der Waals surface area contributed by atoms with Crippen LogP contribution in [-0.2, 0) is 16.1 Å². The Kier molecular flexibility index (Phi) is 4.95. The molecule has 29 heavy (non-hydrogen) atoms. The molecule has 4 atom stereocenters. The van der Waals surface area contributed by atoms with Crippen molar-refractivity contribution in [2.24, 2.45) is 11.8 Å². The number of aromatic nitrogens is 2. The summed E-state index contributed by atoms with van der Waals surface area (Å²) in [6.07, 6.45) is 8.61. The molecule has 0 saturated carbocycles. The van der Waals surface area contributed by atoms with Gasteiger partial charge < -0.3 is 15.1 Å². The summed E-state index contributed by atoms with van der Waals surface area (Å²) in [5.74, 6) is 1.45. The van der Waals surface area contributed by atoms with E-state index in [2.05, 4.69) is 20.2 Å². The lowest BCUT2D eigenvalue weighted by molar-refractivity contribution is -0.156. The Hall–Kier alpha value is -2.48. The van der Waals surface area contributed by atoms with Crippen LogP contribution in [0.4, 0.5) is 5.82 Å². The molecule has 2 bridgehead atoms. The van der Waals surface area contributed by atoms with E-state index in [9.17, 15) is 9.59 Å². The predicted octanol–water partition coefficient (Wildman–Crippen LogP) is 2.06. The molecule has 3 aliphatic rings. The number of hydrogen-bond donors (Lipinski definition) is 1. The molecule has 1 N–H and O–H groups in total. The molecule has 5 heterocycles. The van der Waals surface area contributed by atoms with Gasteiger partial charge in [0.05, 0.1) is 6.20 Å². The zero-order chi connectivity index (χ0) is 19.8. The molecule has 0 radical (unpaired) electrons. The topological polar surface area (TPSA) is 78.4 Å². The van der Waals surface area contributed by atoms with Crippen LogP contribution in [0, 0.1) is 11.8 Å². The van der Waals surface area contributed by atoms with Gasteiger partial charge in [0.25, 0.3) is 0 Å². The molecule has 0 spiro atoms. The number of nitrogens with zero attached hydrogens (tertiary/aromatic N) is 4. The third-order valence-corrected chi connectivity index (χ3v) is 7.26. The molecule has 152 valence electrons. The lowest BCUT2D eigenvalue weighted by Gasteiger charge is -2.56. The Balaban J connectivity index is 1.41. The van der Waals surface area contributed by atoms with Gasteiger partial charge in [-0.25, -0.2) is 4.98 Å². The van der Waals surface area contributed by atoms with Crippen molar-refractivity contribution in [1.82, 2.24) is 20.2 Å². The van der Waals surface area contributed by atoms with Gasteiger partial charge in [0, 0.05) is 50.4 Å². The van der Waals surface area contributed by atoms with Crippen LogP contribution in [0.2, 0.25) is 0 Å². The van der Waals surface area contributed by atoms with E-state index in [1.807, 2.05) is 21.7 Å². The number of carbonyl (C=O) groups excluding carboxylic acids is 2. The third kappa shape index (κ3) is 3.50. The summed E-state index contributed by atoms with van der Waals surface area (Å²) < 4.78 is 0. The largest absolute Gasteiger partial charge is 0.355 e. The van der Waals surface area contributed by atoms with Crippen molar-refractivity contribution >= 4 is 29.0 Å². The lowest BCUT2D eigenvalue weighted by atomic mass is 9.71. The van der Waals surface area contributed by atoms with Gasteiger partial charge in [0.1, 0.15) is 11.9 Å². The second-order valence-electron chi connectivity index (χ2n) is 8.28. The number of hydrogen-bond acceptors (Lipinski definition) is 6. The van der Waals surface area contributed by atoms with Gasteiger partial charge in [-0.1, -0.05) is 0 Å². The Morgan fingerprint density at radius 2 is 2.17 bits per heavy atom. The number of fused-ring (bicyclic) bond motifs is 4. The zero-order valence-corrected chi connectivity index (χ0v) is 17.1. The lowest BCUT2D eigenvalue weighted by Crippen LogP contribution is -2.68. The van der Waals surface area contributed by atoms with E-state index >= 15 is 0 Å². The number of nitrogens with one attached hydrogen (secondary N) is 1. The van der Waals surface area contributed by atoms with Gasteiger partial charge >= 0.3 is 0 Å². The summed E-state index contributed by atoms with van der Waals surface area (Å²) >= 11 is 1.62. The Bertz CT molecular complexity index is 874. The van der Waals surface area contributed by atoms with Crippen molar-refractivity contribution in [3.63, 3.8) is 0 Å². The van der Waals surface area contributed by atoms with Crippen molar-refractivity contribution < 1.29 is 9.59 Å². The van der Waals surface area contributed by atoms with Crippen LogP contribution >= 0.6 is 11.3 Å². The molecule has 0 unspecified atom stereocenters. The van der Waals surface area contributed by atoms with Crippen LogP contribution in [-0.4, -0.2) is 51.9 Å². The van der Waals surface area contributed by atoms with E-state index in [0.717, 1.165) is 43.7 Å². The number of thiophene rings is 1. The van der Waals surface area contributed by atoms with Crippen LogP contribution in [0.1, 0.15) is 31.2 Å². The highest BCUT2D eigenvalue weighted by atomic mass is 32.1. The van der Waals surface area contributed by atoms with E-state index in [0.29, 0.717) is 18.9 Å². The van der Waals surface area contributed by atoms with E-state index in [1.165, 1.54) is 0 Å². The quantitative estimate of drug-likeness (QED) is 0.833. The maximum absolute atomic E-state index is 13.3. The molecule has 3 aliphatic heterocycles. The Morgan fingerprint density at radius 1 is 1.28 bits per heavy atom.